The van der Waals surface area contributed by atoms with Crippen molar-refractivity contribution in [3.63, 3.8) is 0 Å². The van der Waals surface area contributed by atoms with Crippen LogP contribution in [0.5, 0.6) is 17.2 Å². The van der Waals surface area contributed by atoms with E-state index in [1.807, 2.05) is 0 Å². The van der Waals surface area contributed by atoms with Crippen LogP contribution in [0.15, 0.2) is 71.6 Å². The first-order valence-electron chi connectivity index (χ1n) is 10.1. The minimum absolute atomic E-state index is 0.00639. The number of amides is 1. The van der Waals surface area contributed by atoms with Crippen LogP contribution in [-0.4, -0.2) is 40.7 Å². The number of hydrogen-bond acceptors (Lipinski definition) is 6. The molecule has 0 saturated carbocycles. The number of halogens is 1. The number of nitrogens with one attached hydrogen (secondary N) is 2. The smallest absolute Gasteiger partial charge is 0.262 e. The first-order valence-corrected chi connectivity index (χ1v) is 11.6. The highest BCUT2D eigenvalue weighted by molar-refractivity contribution is 7.92. The molecule has 3 aromatic rings. The summed E-state index contributed by atoms with van der Waals surface area (Å²) in [6.07, 6.45) is 0. The van der Waals surface area contributed by atoms with Gasteiger partial charge in [-0.1, -0.05) is 18.2 Å². The summed E-state index contributed by atoms with van der Waals surface area (Å²) in [5.41, 5.74) is 0.475. The highest BCUT2D eigenvalue weighted by atomic mass is 32.2. The molecule has 33 heavy (non-hydrogen) atoms. The molecule has 1 aliphatic heterocycles. The predicted molar refractivity (Wildman–Crippen MR) is 119 cm³/mol. The van der Waals surface area contributed by atoms with Gasteiger partial charge in [0, 0.05) is 17.3 Å². The van der Waals surface area contributed by atoms with E-state index in [9.17, 15) is 17.6 Å². The number of carbonyl (C=O) groups excluding carboxylic acids is 1. The van der Waals surface area contributed by atoms with Crippen molar-refractivity contribution in [3.8, 4) is 17.2 Å². The number of carbonyl (C=O) groups is 1. The second-order valence-corrected chi connectivity index (χ2v) is 8.71. The van der Waals surface area contributed by atoms with Crippen LogP contribution < -0.4 is 24.2 Å². The Labute approximate surface area is 190 Å². The van der Waals surface area contributed by atoms with E-state index in [2.05, 4.69) is 10.0 Å². The number of rotatable bonds is 8. The Morgan fingerprint density at radius 1 is 0.970 bits per heavy atom. The zero-order valence-corrected chi connectivity index (χ0v) is 18.2. The molecule has 1 amide bonds. The van der Waals surface area contributed by atoms with Crippen LogP contribution >= 0.6 is 0 Å². The Morgan fingerprint density at radius 2 is 1.76 bits per heavy atom. The zero-order chi connectivity index (χ0) is 23.3. The second kappa shape index (κ2) is 9.78. The van der Waals surface area contributed by atoms with Crippen molar-refractivity contribution >= 4 is 21.6 Å². The first-order chi connectivity index (χ1) is 15.9. The summed E-state index contributed by atoms with van der Waals surface area (Å²) in [5.74, 6) is 0.0318. The van der Waals surface area contributed by atoms with Gasteiger partial charge in [-0.15, -0.1) is 0 Å². The molecule has 0 bridgehead atoms. The third kappa shape index (κ3) is 5.53. The zero-order valence-electron chi connectivity index (χ0n) is 17.4. The van der Waals surface area contributed by atoms with E-state index in [4.69, 9.17) is 14.2 Å². The van der Waals surface area contributed by atoms with Gasteiger partial charge in [0.15, 0.2) is 23.1 Å². The average molecular weight is 472 g/mol. The van der Waals surface area contributed by atoms with Gasteiger partial charge in [-0.05, 0) is 42.5 Å². The number of hydrogen-bond donors (Lipinski definition) is 2. The lowest BCUT2D eigenvalue weighted by molar-refractivity contribution is 0.0946. The van der Waals surface area contributed by atoms with Crippen molar-refractivity contribution in [2.75, 3.05) is 31.1 Å². The van der Waals surface area contributed by atoms with E-state index >= 15 is 0 Å². The quantitative estimate of drug-likeness (QED) is 0.488. The first kappa shape index (κ1) is 22.4. The predicted octanol–water partition coefficient (Wildman–Crippen LogP) is 3.21. The van der Waals surface area contributed by atoms with Crippen LogP contribution in [0.4, 0.5) is 10.1 Å². The second-order valence-electron chi connectivity index (χ2n) is 7.03. The van der Waals surface area contributed by atoms with Crippen LogP contribution in [0.2, 0.25) is 0 Å². The van der Waals surface area contributed by atoms with Crippen molar-refractivity contribution in [1.29, 1.82) is 0 Å². The fourth-order valence-corrected chi connectivity index (χ4v) is 4.18. The fraction of sp³-hybridized carbons (Fsp3) is 0.174. The Balaban J connectivity index is 1.37. The van der Waals surface area contributed by atoms with Crippen LogP contribution in [0.25, 0.3) is 0 Å². The summed E-state index contributed by atoms with van der Waals surface area (Å²) in [4.78, 5) is 12.4. The molecule has 10 heteroatoms. The molecule has 8 nitrogen and oxygen atoms in total. The topological polar surface area (TPSA) is 103 Å². The highest BCUT2D eigenvalue weighted by Gasteiger charge is 2.20. The minimum atomic E-state index is -3.92. The molecule has 2 N–H and O–H groups in total. The van der Waals surface area contributed by atoms with Crippen molar-refractivity contribution in [3.05, 3.63) is 78.1 Å². The van der Waals surface area contributed by atoms with Crippen molar-refractivity contribution in [1.82, 2.24) is 5.32 Å². The number of anilines is 1. The third-order valence-electron chi connectivity index (χ3n) is 4.68. The van der Waals surface area contributed by atoms with E-state index in [0.717, 1.165) is 0 Å². The Bertz CT molecular complexity index is 1270. The van der Waals surface area contributed by atoms with Crippen molar-refractivity contribution < 1.29 is 31.8 Å². The van der Waals surface area contributed by atoms with Gasteiger partial charge in [0.1, 0.15) is 19.8 Å². The van der Waals surface area contributed by atoms with Gasteiger partial charge in [0.25, 0.3) is 15.9 Å². The maximum absolute atomic E-state index is 13.5. The largest absolute Gasteiger partial charge is 0.489 e. The van der Waals surface area contributed by atoms with Crippen LogP contribution in [0.3, 0.4) is 0 Å². The van der Waals surface area contributed by atoms with Crippen molar-refractivity contribution in [2.24, 2.45) is 0 Å². The average Bonchev–Trinajstić information content (AvgIpc) is 2.82. The molecule has 0 spiro atoms. The highest BCUT2D eigenvalue weighted by Crippen LogP contribution is 2.32. The monoisotopic (exact) mass is 472 g/mol. The van der Waals surface area contributed by atoms with Gasteiger partial charge in [-0.25, -0.2) is 12.8 Å². The van der Waals surface area contributed by atoms with E-state index in [0.29, 0.717) is 24.7 Å². The lowest BCUT2D eigenvalue weighted by atomic mass is 10.2. The van der Waals surface area contributed by atoms with Crippen LogP contribution in [-0.2, 0) is 10.0 Å². The van der Waals surface area contributed by atoms with E-state index in [1.54, 1.807) is 24.3 Å². The third-order valence-corrected chi connectivity index (χ3v) is 6.06. The molecule has 1 aliphatic rings. The number of sulfonamides is 1. The Kier molecular flexibility index (Phi) is 6.64. The van der Waals surface area contributed by atoms with Crippen LogP contribution in [0.1, 0.15) is 10.4 Å². The standard InChI is InChI=1S/C23H21FN2O6S/c24-19-6-1-2-7-20(19)30-11-10-25-23(27)16-4-3-5-17(14-16)26-33(28,29)18-8-9-21-22(15-18)32-13-12-31-21/h1-9,14-15,26H,10-13H2,(H,25,27). The van der Waals surface area contributed by atoms with Gasteiger partial charge in [-0.3, -0.25) is 9.52 Å². The van der Waals surface area contributed by atoms with Crippen LogP contribution in [0, 0.1) is 5.82 Å². The summed E-state index contributed by atoms with van der Waals surface area (Å²) in [5, 5.41) is 2.65. The Morgan fingerprint density at radius 3 is 2.58 bits per heavy atom. The molecule has 1 heterocycles. The number of fused-ring (bicyclic) bond motifs is 1. The summed E-state index contributed by atoms with van der Waals surface area (Å²) < 4.78 is 57.7. The molecule has 0 saturated heterocycles. The molecule has 172 valence electrons. The van der Waals surface area contributed by atoms with Gasteiger partial charge in [0.05, 0.1) is 11.4 Å². The summed E-state index contributed by atoms with van der Waals surface area (Å²) in [6.45, 7) is 0.956. The molecule has 0 radical (unpaired) electrons. The number of ether oxygens (including phenoxy) is 3. The lowest BCUT2D eigenvalue weighted by Crippen LogP contribution is -2.28. The van der Waals surface area contributed by atoms with Crippen molar-refractivity contribution in [2.45, 2.75) is 4.90 Å². The molecule has 0 aliphatic carbocycles. The number of benzene rings is 3. The van der Waals surface area contributed by atoms with Gasteiger partial charge < -0.3 is 19.5 Å². The van der Waals surface area contributed by atoms with E-state index in [-0.39, 0.29) is 35.0 Å². The molecule has 0 fully saturated rings. The maximum Gasteiger partial charge on any atom is 0.262 e. The molecular formula is C23H21FN2O6S. The molecule has 3 aromatic carbocycles. The minimum Gasteiger partial charge on any atom is -0.489 e. The van der Waals surface area contributed by atoms with E-state index in [1.165, 1.54) is 42.5 Å². The molecule has 0 atom stereocenters. The Hall–Kier alpha value is -3.79. The number of para-hydroxylation sites is 1. The summed E-state index contributed by atoms with van der Waals surface area (Å²) in [6, 6.07) is 16.4. The van der Waals surface area contributed by atoms with Gasteiger partial charge in [0.2, 0.25) is 0 Å². The molecule has 0 unspecified atom stereocenters. The molecule has 4 rings (SSSR count). The lowest BCUT2D eigenvalue weighted by Gasteiger charge is -2.19. The summed E-state index contributed by atoms with van der Waals surface area (Å²) >= 11 is 0. The van der Waals surface area contributed by atoms with Gasteiger partial charge in [-0.2, -0.15) is 0 Å². The molecule has 0 aromatic heterocycles. The maximum atomic E-state index is 13.5. The normalized spacial score (nSPS) is 12.6. The molecular weight excluding hydrogens is 451 g/mol. The van der Waals surface area contributed by atoms with Gasteiger partial charge >= 0.3 is 0 Å². The summed E-state index contributed by atoms with van der Waals surface area (Å²) in [7, 11) is -3.92. The SMILES string of the molecule is O=C(NCCOc1ccccc1F)c1cccc(NS(=O)(=O)c2ccc3c(c2)OCCO3)c1. The van der Waals surface area contributed by atoms with E-state index < -0.39 is 21.7 Å². The fourth-order valence-electron chi connectivity index (χ4n) is 3.12.